The fourth-order valence-corrected chi connectivity index (χ4v) is 25.2. The quantitative estimate of drug-likeness (QED) is 0.105. The van der Waals surface area contributed by atoms with E-state index in [9.17, 15) is 0 Å². The normalized spacial score (nSPS) is 15.8. The number of benzene rings is 8. The summed E-state index contributed by atoms with van der Waals surface area (Å²) in [5.41, 5.74) is 17.9. The molecule has 0 heterocycles. The first-order valence-electron chi connectivity index (χ1n) is 22.4. The van der Waals surface area contributed by atoms with Gasteiger partial charge in [0.15, 0.2) is 0 Å². The zero-order chi connectivity index (χ0) is 42.0. The average molecular weight is 884 g/mol. The van der Waals surface area contributed by atoms with E-state index < -0.39 is 28.3 Å². The first kappa shape index (κ1) is 40.2. The zero-order valence-corrected chi connectivity index (χ0v) is 40.4. The molecule has 0 nitrogen and oxygen atoms in total. The fraction of sp³-hybridized carbons (Fsp3) is 0.220. The Labute approximate surface area is 375 Å². The SMILES string of the molecule is CCCC1=Cc2c(-c3cc4ccccc4c4ccccc34)cccc2C1c1cc(C(C)(C)C)cc2c1[CH]([Zr][SiH](c1ccccc1)c1ccccc1)c1ccc(C(C)(C)C)cc1-2. The van der Waals surface area contributed by atoms with Crippen molar-refractivity contribution in [2.45, 2.75) is 81.7 Å². The number of hydrogen-bond acceptors (Lipinski definition) is 0. The summed E-state index contributed by atoms with van der Waals surface area (Å²) in [6.45, 7) is 16.7. The van der Waals surface area contributed by atoms with Crippen LogP contribution in [0.5, 0.6) is 0 Å². The van der Waals surface area contributed by atoms with Crippen LogP contribution in [0.15, 0.2) is 169 Å². The predicted molar refractivity (Wildman–Crippen MR) is 262 cm³/mol. The van der Waals surface area contributed by atoms with Crippen LogP contribution in [0.25, 0.3) is 49.9 Å². The van der Waals surface area contributed by atoms with Gasteiger partial charge in [-0.1, -0.05) is 6.07 Å². The average Bonchev–Trinajstić information content (AvgIpc) is 3.80. The van der Waals surface area contributed by atoms with Gasteiger partial charge in [-0.15, -0.1) is 0 Å². The van der Waals surface area contributed by atoms with Crippen LogP contribution in [0.2, 0.25) is 0 Å². The van der Waals surface area contributed by atoms with Crippen LogP contribution in [0, 0.1) is 0 Å². The summed E-state index contributed by atoms with van der Waals surface area (Å²) >= 11 is -1.15. The summed E-state index contributed by atoms with van der Waals surface area (Å²) in [5, 5.41) is 8.47. The molecule has 0 saturated carbocycles. The predicted octanol–water partition coefficient (Wildman–Crippen LogP) is 14.3. The van der Waals surface area contributed by atoms with Crippen LogP contribution >= 0.6 is 0 Å². The van der Waals surface area contributed by atoms with Gasteiger partial charge in [-0.05, 0) is 0 Å². The topological polar surface area (TPSA) is 0 Å². The molecule has 300 valence electrons. The van der Waals surface area contributed by atoms with Crippen molar-refractivity contribution in [3.8, 4) is 22.3 Å². The molecule has 2 heteroatoms. The molecule has 0 amide bonds. The van der Waals surface area contributed by atoms with E-state index in [1.165, 1.54) is 66.1 Å². The molecule has 2 aliphatic rings. The van der Waals surface area contributed by atoms with E-state index >= 15 is 0 Å². The van der Waals surface area contributed by atoms with Crippen molar-refractivity contribution in [2.24, 2.45) is 0 Å². The van der Waals surface area contributed by atoms with Crippen molar-refractivity contribution >= 4 is 43.9 Å². The molecule has 61 heavy (non-hydrogen) atoms. The van der Waals surface area contributed by atoms with Crippen molar-refractivity contribution < 1.29 is 22.4 Å². The Morgan fingerprint density at radius 1 is 0.492 bits per heavy atom. The Morgan fingerprint density at radius 3 is 1.79 bits per heavy atom. The Bertz CT molecular complexity index is 2940. The number of fused-ring (bicyclic) bond motifs is 7. The van der Waals surface area contributed by atoms with Crippen LogP contribution in [-0.2, 0) is 33.2 Å². The molecule has 0 spiro atoms. The molecule has 2 atom stereocenters. The monoisotopic (exact) mass is 882 g/mol. The van der Waals surface area contributed by atoms with Crippen LogP contribution in [0.3, 0.4) is 0 Å². The Morgan fingerprint density at radius 2 is 1.11 bits per heavy atom. The Balaban J connectivity index is 1.23. The first-order valence-corrected chi connectivity index (χ1v) is 29.8. The maximum atomic E-state index is 2.69. The van der Waals surface area contributed by atoms with Gasteiger partial charge in [-0.3, -0.25) is 0 Å². The third-order valence-electron chi connectivity index (χ3n) is 13.5. The molecule has 0 N–H and O–H groups in total. The van der Waals surface area contributed by atoms with Gasteiger partial charge in [0, 0.05) is 0 Å². The van der Waals surface area contributed by atoms with E-state index in [-0.39, 0.29) is 16.7 Å². The van der Waals surface area contributed by atoms with E-state index in [4.69, 9.17) is 0 Å². The zero-order valence-electron chi connectivity index (χ0n) is 36.8. The van der Waals surface area contributed by atoms with Crippen LogP contribution < -0.4 is 10.4 Å². The van der Waals surface area contributed by atoms with E-state index in [0.29, 0.717) is 3.63 Å². The number of hydrogen-bond donors (Lipinski definition) is 0. The molecule has 0 fully saturated rings. The summed E-state index contributed by atoms with van der Waals surface area (Å²) in [6, 6.07) is 63.9. The van der Waals surface area contributed by atoms with Crippen molar-refractivity contribution in [1.29, 1.82) is 0 Å². The van der Waals surface area contributed by atoms with Gasteiger partial charge in [0.25, 0.3) is 0 Å². The molecule has 0 saturated heterocycles. The summed E-state index contributed by atoms with van der Waals surface area (Å²) in [6.07, 6.45) is 4.83. The minimum absolute atomic E-state index is 0.00303. The number of rotatable bonds is 8. The van der Waals surface area contributed by atoms with E-state index in [0.717, 1.165) is 12.8 Å². The summed E-state index contributed by atoms with van der Waals surface area (Å²) < 4.78 is 0.461. The molecule has 0 bridgehead atoms. The summed E-state index contributed by atoms with van der Waals surface area (Å²) in [4.78, 5) is 0. The van der Waals surface area contributed by atoms with Gasteiger partial charge < -0.3 is 0 Å². The van der Waals surface area contributed by atoms with Crippen LogP contribution in [0.1, 0.15) is 110 Å². The van der Waals surface area contributed by atoms with Gasteiger partial charge in [-0.2, -0.15) is 0 Å². The molecule has 10 rings (SSSR count). The standard InChI is InChI=1S/C47H45.C12H11Si.Zr/c1-8-14-31-25-41-37(40-23-29-15-9-10-16-34(29)35-17-11-12-18-36(35)40)19-13-20-38(41)45(31)44-28-33(47(5,6)7)27-43-39-26-32(46(2,3)4)22-21-30(39)24-42(43)44;1-3-7-11(8-4-1)13-12-9-5-2-6-10-12;/h9-13,15-28,45H,8,14H2,1-7H3;1-10,13H;. The van der Waals surface area contributed by atoms with Gasteiger partial charge >= 0.3 is 372 Å². The molecule has 2 aliphatic carbocycles. The van der Waals surface area contributed by atoms with Gasteiger partial charge in [-0.25, -0.2) is 0 Å². The molecular weight excluding hydrogens is 828 g/mol. The van der Waals surface area contributed by atoms with E-state index in [2.05, 4.69) is 218 Å². The van der Waals surface area contributed by atoms with Crippen molar-refractivity contribution in [3.63, 3.8) is 0 Å². The summed E-state index contributed by atoms with van der Waals surface area (Å²) in [5.74, 6) is -1.29. The molecule has 8 aromatic carbocycles. The number of allylic oxidation sites excluding steroid dienone is 1. The Hall–Kier alpha value is -4.88. The molecule has 0 aromatic heterocycles. The molecule has 0 radical (unpaired) electrons. The second-order valence-electron chi connectivity index (χ2n) is 19.6. The molecule has 2 unspecified atom stereocenters. The minimum atomic E-state index is -1.50. The van der Waals surface area contributed by atoms with E-state index in [1.807, 2.05) is 0 Å². The van der Waals surface area contributed by atoms with Crippen molar-refractivity contribution in [2.75, 3.05) is 0 Å². The van der Waals surface area contributed by atoms with Crippen molar-refractivity contribution in [3.05, 3.63) is 208 Å². The van der Waals surface area contributed by atoms with Crippen molar-refractivity contribution in [1.82, 2.24) is 0 Å². The second kappa shape index (κ2) is 15.8. The third-order valence-corrected chi connectivity index (χ3v) is 27.6. The third kappa shape index (κ3) is 7.19. The van der Waals surface area contributed by atoms with Crippen LogP contribution in [0.4, 0.5) is 0 Å². The molecule has 0 aliphatic heterocycles. The van der Waals surface area contributed by atoms with Gasteiger partial charge in [0.1, 0.15) is 0 Å². The first-order chi connectivity index (χ1) is 29.5. The second-order valence-corrected chi connectivity index (χ2v) is 30.3. The molecule has 8 aromatic rings. The van der Waals surface area contributed by atoms with Gasteiger partial charge in [0.05, 0.1) is 0 Å². The van der Waals surface area contributed by atoms with Crippen LogP contribution in [-0.4, -0.2) is 5.92 Å². The van der Waals surface area contributed by atoms with Gasteiger partial charge in [0.2, 0.25) is 0 Å². The summed E-state index contributed by atoms with van der Waals surface area (Å²) in [7, 11) is 0. The fourth-order valence-electron chi connectivity index (χ4n) is 10.4. The Kier molecular flexibility index (Phi) is 10.4. The van der Waals surface area contributed by atoms with E-state index in [1.54, 1.807) is 32.6 Å². The molecular formula is C59H56SiZr. The maximum absolute atomic E-state index is 2.69.